The number of nitrogens with one attached hydrogen (secondary N) is 1. The van der Waals surface area contributed by atoms with Crippen LogP contribution in [-0.2, 0) is 11.2 Å². The summed E-state index contributed by atoms with van der Waals surface area (Å²) in [5, 5.41) is 4.06. The standard InChI is InChI=1S/C19H19Cl2NO/c1-14(7-8-15-5-3-2-4-6-15)22-19(23)12-10-16-9-11-17(20)13-18(16)21/h2-6,9-14H,7-8H2,1H3,(H,22,23)/b12-10+. The molecule has 1 N–H and O–H groups in total. The van der Waals surface area contributed by atoms with E-state index in [1.807, 2.05) is 25.1 Å². The molecular formula is C19H19Cl2NO. The van der Waals surface area contributed by atoms with Gasteiger partial charge in [0.25, 0.3) is 0 Å². The Morgan fingerprint density at radius 1 is 1.17 bits per heavy atom. The lowest BCUT2D eigenvalue weighted by Gasteiger charge is -2.12. The van der Waals surface area contributed by atoms with Crippen molar-refractivity contribution >= 4 is 35.2 Å². The van der Waals surface area contributed by atoms with Crippen molar-refractivity contribution in [1.29, 1.82) is 0 Å². The molecule has 4 heteroatoms. The fourth-order valence-electron chi connectivity index (χ4n) is 2.19. The van der Waals surface area contributed by atoms with Crippen LogP contribution in [0.25, 0.3) is 6.08 Å². The molecule has 0 aromatic heterocycles. The van der Waals surface area contributed by atoms with Crippen molar-refractivity contribution in [3.05, 3.63) is 75.8 Å². The van der Waals surface area contributed by atoms with E-state index < -0.39 is 0 Å². The van der Waals surface area contributed by atoms with E-state index in [1.165, 1.54) is 11.6 Å². The molecule has 0 saturated carbocycles. The van der Waals surface area contributed by atoms with Gasteiger partial charge in [-0.1, -0.05) is 59.6 Å². The Bertz CT molecular complexity index is 683. The number of amides is 1. The minimum absolute atomic E-state index is 0.105. The fraction of sp³-hybridized carbons (Fsp3) is 0.211. The lowest BCUT2D eigenvalue weighted by atomic mass is 10.1. The van der Waals surface area contributed by atoms with Gasteiger partial charge >= 0.3 is 0 Å². The molecule has 2 aromatic rings. The normalized spacial score (nSPS) is 12.3. The first-order valence-corrected chi connectivity index (χ1v) is 8.28. The molecule has 0 radical (unpaired) electrons. The highest BCUT2D eigenvalue weighted by Crippen LogP contribution is 2.21. The van der Waals surface area contributed by atoms with Crippen LogP contribution in [0.15, 0.2) is 54.6 Å². The maximum Gasteiger partial charge on any atom is 0.244 e. The van der Waals surface area contributed by atoms with Crippen LogP contribution in [0, 0.1) is 0 Å². The lowest BCUT2D eigenvalue weighted by Crippen LogP contribution is -2.31. The van der Waals surface area contributed by atoms with Crippen molar-refractivity contribution < 1.29 is 4.79 Å². The number of aryl methyl sites for hydroxylation is 1. The summed E-state index contributed by atoms with van der Waals surface area (Å²) in [4.78, 5) is 11.9. The molecule has 1 unspecified atom stereocenters. The van der Waals surface area contributed by atoms with Gasteiger partial charge in [0.05, 0.1) is 0 Å². The number of carbonyl (C=O) groups is 1. The van der Waals surface area contributed by atoms with Crippen LogP contribution in [0.3, 0.4) is 0 Å². The van der Waals surface area contributed by atoms with E-state index in [4.69, 9.17) is 23.2 Å². The Kier molecular flexibility index (Phi) is 6.69. The quantitative estimate of drug-likeness (QED) is 0.719. The summed E-state index contributed by atoms with van der Waals surface area (Å²) < 4.78 is 0. The van der Waals surface area contributed by atoms with Gasteiger partial charge in [-0.2, -0.15) is 0 Å². The number of halogens is 2. The number of benzene rings is 2. The maximum absolute atomic E-state index is 11.9. The minimum Gasteiger partial charge on any atom is -0.350 e. The summed E-state index contributed by atoms with van der Waals surface area (Å²) in [6.45, 7) is 2.00. The highest BCUT2D eigenvalue weighted by molar-refractivity contribution is 6.35. The van der Waals surface area contributed by atoms with Crippen LogP contribution in [0.5, 0.6) is 0 Å². The lowest BCUT2D eigenvalue weighted by molar-refractivity contribution is -0.117. The third kappa shape index (κ3) is 6.09. The molecule has 0 aliphatic heterocycles. The van der Waals surface area contributed by atoms with E-state index in [2.05, 4.69) is 17.4 Å². The SMILES string of the molecule is CC(CCc1ccccc1)NC(=O)/C=C/c1ccc(Cl)cc1Cl. The van der Waals surface area contributed by atoms with Gasteiger partial charge in [-0.15, -0.1) is 0 Å². The highest BCUT2D eigenvalue weighted by atomic mass is 35.5. The topological polar surface area (TPSA) is 29.1 Å². The molecule has 120 valence electrons. The summed E-state index contributed by atoms with van der Waals surface area (Å²) in [5.41, 5.74) is 2.04. The van der Waals surface area contributed by atoms with Gasteiger partial charge < -0.3 is 5.32 Å². The van der Waals surface area contributed by atoms with Crippen molar-refractivity contribution in [1.82, 2.24) is 5.32 Å². The Hall–Kier alpha value is -1.77. The first-order valence-electron chi connectivity index (χ1n) is 7.52. The number of carbonyl (C=O) groups excluding carboxylic acids is 1. The zero-order valence-corrected chi connectivity index (χ0v) is 14.4. The molecule has 0 heterocycles. The minimum atomic E-state index is -0.128. The van der Waals surface area contributed by atoms with Crippen LogP contribution in [0.4, 0.5) is 0 Å². The number of hydrogen-bond donors (Lipinski definition) is 1. The summed E-state index contributed by atoms with van der Waals surface area (Å²) in [6, 6.07) is 15.5. The maximum atomic E-state index is 11.9. The summed E-state index contributed by atoms with van der Waals surface area (Å²) >= 11 is 11.9. The Morgan fingerprint density at radius 3 is 2.61 bits per heavy atom. The zero-order chi connectivity index (χ0) is 16.7. The van der Waals surface area contributed by atoms with Crippen LogP contribution in [0.2, 0.25) is 10.0 Å². The summed E-state index contributed by atoms with van der Waals surface area (Å²) in [7, 11) is 0. The molecule has 2 nitrogen and oxygen atoms in total. The van der Waals surface area contributed by atoms with Gasteiger partial charge in [0.1, 0.15) is 0 Å². The van der Waals surface area contributed by atoms with E-state index in [0.29, 0.717) is 10.0 Å². The number of rotatable bonds is 6. The molecule has 1 amide bonds. The molecule has 0 fully saturated rings. The number of hydrogen-bond acceptors (Lipinski definition) is 1. The summed E-state index contributed by atoms with van der Waals surface area (Å²) in [5.74, 6) is -0.128. The zero-order valence-electron chi connectivity index (χ0n) is 12.9. The van der Waals surface area contributed by atoms with Crippen LogP contribution in [-0.4, -0.2) is 11.9 Å². The molecule has 0 bridgehead atoms. The third-order valence-corrected chi connectivity index (χ3v) is 4.04. The molecule has 23 heavy (non-hydrogen) atoms. The van der Waals surface area contributed by atoms with E-state index in [9.17, 15) is 4.79 Å². The molecule has 1 atom stereocenters. The van der Waals surface area contributed by atoms with Gasteiger partial charge in [-0.3, -0.25) is 4.79 Å². The van der Waals surface area contributed by atoms with Gasteiger partial charge in [-0.05, 0) is 49.1 Å². The first kappa shape index (κ1) is 17.6. The Labute approximate surface area is 147 Å². The van der Waals surface area contributed by atoms with Gasteiger partial charge in [0, 0.05) is 22.2 Å². The first-order chi connectivity index (χ1) is 11.0. The second-order valence-corrected chi connectivity index (χ2v) is 6.28. The fourth-order valence-corrected chi connectivity index (χ4v) is 2.66. The summed E-state index contributed by atoms with van der Waals surface area (Å²) in [6.07, 6.45) is 5.02. The van der Waals surface area contributed by atoms with Crippen LogP contribution < -0.4 is 5.32 Å². The second-order valence-electron chi connectivity index (χ2n) is 5.43. The van der Waals surface area contributed by atoms with Crippen molar-refractivity contribution in [2.45, 2.75) is 25.8 Å². The van der Waals surface area contributed by atoms with Crippen molar-refractivity contribution in [2.24, 2.45) is 0 Å². The molecule has 0 saturated heterocycles. The smallest absolute Gasteiger partial charge is 0.244 e. The van der Waals surface area contributed by atoms with Crippen molar-refractivity contribution in [3.8, 4) is 0 Å². The predicted octanol–water partition coefficient (Wildman–Crippen LogP) is 5.14. The predicted molar refractivity (Wildman–Crippen MR) is 97.9 cm³/mol. The molecule has 0 aliphatic rings. The van der Waals surface area contributed by atoms with Crippen LogP contribution >= 0.6 is 23.2 Å². The average Bonchev–Trinajstić information content (AvgIpc) is 2.53. The highest BCUT2D eigenvalue weighted by Gasteiger charge is 2.05. The van der Waals surface area contributed by atoms with E-state index >= 15 is 0 Å². The molecule has 2 aromatic carbocycles. The van der Waals surface area contributed by atoms with Crippen molar-refractivity contribution in [3.63, 3.8) is 0 Å². The Balaban J connectivity index is 1.82. The molecule has 0 aliphatic carbocycles. The third-order valence-electron chi connectivity index (χ3n) is 3.47. The average molecular weight is 348 g/mol. The van der Waals surface area contributed by atoms with Crippen LogP contribution in [0.1, 0.15) is 24.5 Å². The van der Waals surface area contributed by atoms with Gasteiger partial charge in [-0.25, -0.2) is 0 Å². The Morgan fingerprint density at radius 2 is 1.91 bits per heavy atom. The molecule has 0 spiro atoms. The monoisotopic (exact) mass is 347 g/mol. The molecule has 2 rings (SSSR count). The van der Waals surface area contributed by atoms with Gasteiger partial charge in [0.2, 0.25) is 5.91 Å². The van der Waals surface area contributed by atoms with E-state index in [1.54, 1.807) is 24.3 Å². The van der Waals surface area contributed by atoms with E-state index in [0.717, 1.165) is 18.4 Å². The molecular weight excluding hydrogens is 329 g/mol. The van der Waals surface area contributed by atoms with Crippen molar-refractivity contribution in [2.75, 3.05) is 0 Å². The van der Waals surface area contributed by atoms with Gasteiger partial charge in [0.15, 0.2) is 0 Å². The van der Waals surface area contributed by atoms with E-state index in [-0.39, 0.29) is 11.9 Å². The largest absolute Gasteiger partial charge is 0.350 e. The second kappa shape index (κ2) is 8.76.